The molecule has 0 unspecified atom stereocenters. The molecule has 2 aromatic rings. The van der Waals surface area contributed by atoms with Crippen LogP contribution in [0, 0.1) is 6.92 Å². The zero-order chi connectivity index (χ0) is 24.2. The Bertz CT molecular complexity index is 1160. The number of aryl methyl sites for hydroxylation is 1. The first-order valence-corrected chi connectivity index (χ1v) is 12.4. The number of fused-ring (bicyclic) bond motifs is 1. The number of benzene rings is 2. The van der Waals surface area contributed by atoms with Crippen molar-refractivity contribution in [3.05, 3.63) is 65.2 Å². The van der Waals surface area contributed by atoms with Crippen molar-refractivity contribution >= 4 is 27.7 Å². The van der Waals surface area contributed by atoms with Gasteiger partial charge in [-0.15, -0.1) is 0 Å². The molecule has 33 heavy (non-hydrogen) atoms. The fourth-order valence-corrected chi connectivity index (χ4v) is 5.38. The highest BCUT2D eigenvalue weighted by Gasteiger charge is 2.43. The van der Waals surface area contributed by atoms with Gasteiger partial charge in [0.1, 0.15) is 17.5 Å². The van der Waals surface area contributed by atoms with E-state index in [1.807, 2.05) is 38.1 Å². The second kappa shape index (κ2) is 10.2. The highest BCUT2D eigenvalue weighted by Crippen LogP contribution is 2.30. The molecule has 0 bridgehead atoms. The maximum Gasteiger partial charge on any atom is 0.269 e. The lowest BCUT2D eigenvalue weighted by Gasteiger charge is -2.32. The number of nitrogens with zero attached hydrogens (tertiary/aromatic N) is 2. The summed E-state index contributed by atoms with van der Waals surface area (Å²) in [5.41, 5.74) is 1.83. The van der Waals surface area contributed by atoms with Crippen LogP contribution >= 0.6 is 0 Å². The number of rotatable bonds is 9. The van der Waals surface area contributed by atoms with E-state index in [2.05, 4.69) is 5.32 Å². The van der Waals surface area contributed by atoms with Crippen LogP contribution in [-0.4, -0.2) is 54.5 Å². The Morgan fingerprint density at radius 2 is 1.73 bits per heavy atom. The fraction of sp³-hybridized carbons (Fsp3) is 0.375. The predicted molar refractivity (Wildman–Crippen MR) is 124 cm³/mol. The number of nitrogens with one attached hydrogen (secondary N) is 1. The molecule has 8 nitrogen and oxygen atoms in total. The van der Waals surface area contributed by atoms with Crippen molar-refractivity contribution in [2.75, 3.05) is 13.1 Å². The van der Waals surface area contributed by atoms with Crippen LogP contribution < -0.4 is 5.32 Å². The van der Waals surface area contributed by atoms with Crippen molar-refractivity contribution in [1.29, 1.82) is 0 Å². The van der Waals surface area contributed by atoms with Gasteiger partial charge in [0.25, 0.3) is 15.9 Å². The first-order chi connectivity index (χ1) is 15.7. The highest BCUT2D eigenvalue weighted by atomic mass is 32.2. The van der Waals surface area contributed by atoms with Crippen molar-refractivity contribution < 1.29 is 22.8 Å². The molecule has 0 saturated heterocycles. The van der Waals surface area contributed by atoms with Crippen LogP contribution in [0.1, 0.15) is 48.2 Å². The molecule has 0 radical (unpaired) electrons. The van der Waals surface area contributed by atoms with E-state index in [4.69, 9.17) is 0 Å². The molecule has 0 aromatic heterocycles. The normalized spacial score (nSPS) is 15.1. The molecule has 0 aliphatic carbocycles. The quantitative estimate of drug-likeness (QED) is 0.605. The average molecular weight is 472 g/mol. The molecule has 0 saturated carbocycles. The van der Waals surface area contributed by atoms with Gasteiger partial charge in [-0.2, -0.15) is 0 Å². The number of hydrogen-bond donors (Lipinski definition) is 1. The SMILES string of the molecule is CCCNC(=O)[C@H](CC)N(Cc1ccccc1C)C(=O)CN1C(=O)c2ccccc2S1(=O)=O. The lowest BCUT2D eigenvalue weighted by molar-refractivity contribution is -0.141. The van der Waals surface area contributed by atoms with Crippen LogP contribution in [0.3, 0.4) is 0 Å². The van der Waals surface area contributed by atoms with Gasteiger partial charge in [0.05, 0.1) is 5.56 Å². The minimum atomic E-state index is -4.14. The Morgan fingerprint density at radius 1 is 1.06 bits per heavy atom. The van der Waals surface area contributed by atoms with Gasteiger partial charge in [0, 0.05) is 13.1 Å². The number of carbonyl (C=O) groups excluding carboxylic acids is 3. The molecule has 3 amide bonds. The molecule has 1 heterocycles. The smallest absolute Gasteiger partial charge is 0.269 e. The van der Waals surface area contributed by atoms with Crippen molar-refractivity contribution in [1.82, 2.24) is 14.5 Å². The Hall–Kier alpha value is -3.20. The largest absolute Gasteiger partial charge is 0.354 e. The molecule has 1 atom stereocenters. The minimum absolute atomic E-state index is 0.0449. The molecule has 9 heteroatoms. The lowest BCUT2D eigenvalue weighted by atomic mass is 10.1. The Balaban J connectivity index is 1.93. The van der Waals surface area contributed by atoms with Gasteiger partial charge in [-0.3, -0.25) is 14.4 Å². The maximum absolute atomic E-state index is 13.5. The molecule has 0 fully saturated rings. The van der Waals surface area contributed by atoms with Gasteiger partial charge < -0.3 is 10.2 Å². The number of amides is 3. The zero-order valence-corrected chi connectivity index (χ0v) is 19.9. The zero-order valence-electron chi connectivity index (χ0n) is 19.1. The summed E-state index contributed by atoms with van der Waals surface area (Å²) in [6, 6.07) is 12.6. The average Bonchev–Trinajstić information content (AvgIpc) is 2.99. The topological polar surface area (TPSA) is 104 Å². The third-order valence-corrected chi connectivity index (χ3v) is 7.51. The molecule has 2 aromatic carbocycles. The van der Waals surface area contributed by atoms with Crippen molar-refractivity contribution in [3.8, 4) is 0 Å². The molecule has 3 rings (SSSR count). The summed E-state index contributed by atoms with van der Waals surface area (Å²) >= 11 is 0. The van der Waals surface area contributed by atoms with Crippen LogP contribution in [-0.2, 0) is 26.2 Å². The minimum Gasteiger partial charge on any atom is -0.354 e. The molecule has 1 aliphatic rings. The van der Waals surface area contributed by atoms with Gasteiger partial charge in [0.15, 0.2) is 0 Å². The number of sulfonamides is 1. The number of carbonyl (C=O) groups is 3. The fourth-order valence-electron chi connectivity index (χ4n) is 3.86. The predicted octanol–water partition coefficient (Wildman–Crippen LogP) is 2.47. The first-order valence-electron chi connectivity index (χ1n) is 11.0. The van der Waals surface area contributed by atoms with E-state index in [0.29, 0.717) is 17.3 Å². The molecule has 1 aliphatic heterocycles. The summed E-state index contributed by atoms with van der Waals surface area (Å²) in [6.07, 6.45) is 1.08. The second-order valence-corrected chi connectivity index (χ2v) is 9.81. The molecule has 0 spiro atoms. The van der Waals surface area contributed by atoms with E-state index in [0.717, 1.165) is 17.5 Å². The summed E-state index contributed by atoms with van der Waals surface area (Å²) in [5.74, 6) is -1.65. The Morgan fingerprint density at radius 3 is 2.36 bits per heavy atom. The standard InChI is InChI=1S/C24H29N3O5S/c1-4-14-25-23(29)20(5-2)26(15-18-11-7-6-10-17(18)3)22(28)16-27-24(30)19-12-8-9-13-21(19)33(27,31)32/h6-13,20H,4-5,14-16H2,1-3H3,(H,25,29)/t20-/m0/s1. The summed E-state index contributed by atoms with van der Waals surface area (Å²) in [5, 5.41) is 2.82. The molecular formula is C24H29N3O5S. The molecule has 1 N–H and O–H groups in total. The van der Waals surface area contributed by atoms with Crippen LogP contribution in [0.5, 0.6) is 0 Å². The highest BCUT2D eigenvalue weighted by molar-refractivity contribution is 7.90. The van der Waals surface area contributed by atoms with Crippen molar-refractivity contribution in [2.45, 2.75) is 51.1 Å². The van der Waals surface area contributed by atoms with Gasteiger partial charge in [-0.1, -0.05) is 50.2 Å². The van der Waals surface area contributed by atoms with Crippen LogP contribution in [0.15, 0.2) is 53.4 Å². The van der Waals surface area contributed by atoms with E-state index in [1.165, 1.54) is 23.1 Å². The summed E-state index contributed by atoms with van der Waals surface area (Å²) in [7, 11) is -4.14. The van der Waals surface area contributed by atoms with Gasteiger partial charge in [-0.05, 0) is 43.0 Å². The van der Waals surface area contributed by atoms with Crippen molar-refractivity contribution in [3.63, 3.8) is 0 Å². The van der Waals surface area contributed by atoms with Crippen LogP contribution in [0.4, 0.5) is 0 Å². The van der Waals surface area contributed by atoms with Gasteiger partial charge >= 0.3 is 0 Å². The van der Waals surface area contributed by atoms with Gasteiger partial charge in [0.2, 0.25) is 11.8 Å². The lowest BCUT2D eigenvalue weighted by Crippen LogP contribution is -2.52. The monoisotopic (exact) mass is 471 g/mol. The third-order valence-electron chi connectivity index (χ3n) is 5.73. The summed E-state index contributed by atoms with van der Waals surface area (Å²) in [6.45, 7) is 5.55. The van der Waals surface area contributed by atoms with E-state index in [9.17, 15) is 22.8 Å². The van der Waals surface area contributed by atoms with Crippen molar-refractivity contribution in [2.24, 2.45) is 0 Å². The summed E-state index contributed by atoms with van der Waals surface area (Å²) in [4.78, 5) is 40.4. The first kappa shape index (κ1) is 24.4. The molecular weight excluding hydrogens is 442 g/mol. The van der Waals surface area contributed by atoms with Gasteiger partial charge in [-0.25, -0.2) is 12.7 Å². The second-order valence-electron chi connectivity index (χ2n) is 7.98. The maximum atomic E-state index is 13.5. The van der Waals surface area contributed by atoms with E-state index < -0.39 is 34.4 Å². The summed E-state index contributed by atoms with van der Waals surface area (Å²) < 4.78 is 26.5. The van der Waals surface area contributed by atoms with Crippen LogP contribution in [0.25, 0.3) is 0 Å². The van der Waals surface area contributed by atoms with Crippen LogP contribution in [0.2, 0.25) is 0 Å². The third kappa shape index (κ3) is 4.93. The van der Waals surface area contributed by atoms with E-state index in [-0.39, 0.29) is 22.9 Å². The Labute approximate surface area is 194 Å². The van der Waals surface area contributed by atoms with E-state index in [1.54, 1.807) is 13.0 Å². The van der Waals surface area contributed by atoms with E-state index >= 15 is 0 Å². The molecule has 176 valence electrons. The Kier molecular flexibility index (Phi) is 7.53. The number of hydrogen-bond acceptors (Lipinski definition) is 5.